The number of carbonyl (C=O) groups is 1. The van der Waals surface area contributed by atoms with Gasteiger partial charge in [-0.1, -0.05) is 74.5 Å². The fourth-order valence-electron chi connectivity index (χ4n) is 2.92. The molecule has 26 heavy (non-hydrogen) atoms. The van der Waals surface area contributed by atoms with Gasteiger partial charge in [-0.15, -0.1) is 0 Å². The summed E-state index contributed by atoms with van der Waals surface area (Å²) >= 11 is 0. The molecule has 0 bridgehead atoms. The van der Waals surface area contributed by atoms with Crippen molar-refractivity contribution in [3.8, 4) is 0 Å². The average molecular weight is 352 g/mol. The molecule has 0 saturated carbocycles. The molecule has 4 nitrogen and oxygen atoms in total. The highest BCUT2D eigenvalue weighted by Gasteiger charge is 2.19. The van der Waals surface area contributed by atoms with Gasteiger partial charge < -0.3 is 15.8 Å². The molecule has 1 aliphatic carbocycles. The first-order valence-electron chi connectivity index (χ1n) is 9.21. The van der Waals surface area contributed by atoms with Crippen LogP contribution in [0.1, 0.15) is 42.2 Å². The van der Waals surface area contributed by atoms with Gasteiger partial charge in [0, 0.05) is 19.5 Å². The standard InChI is InChI=1S/C20H22N2O2.C2H6/c21-11-12-22-20(23)14-24-19-13-17-7-2-1-5-15(17)9-10-16-6-3-4-8-18(16)19;1-2/h1-10,19H,11-14,21H2,(H,22,23);1-2H3/b10-9-;. The maximum atomic E-state index is 11.9. The van der Waals surface area contributed by atoms with Crippen LogP contribution in [-0.4, -0.2) is 25.6 Å². The molecule has 1 atom stereocenters. The van der Waals surface area contributed by atoms with Crippen molar-refractivity contribution in [3.05, 3.63) is 70.8 Å². The van der Waals surface area contributed by atoms with Gasteiger partial charge in [-0.25, -0.2) is 0 Å². The predicted octanol–water partition coefficient (Wildman–Crippen LogP) is 3.57. The molecular weight excluding hydrogens is 324 g/mol. The van der Waals surface area contributed by atoms with Gasteiger partial charge >= 0.3 is 0 Å². The van der Waals surface area contributed by atoms with Gasteiger partial charge in [0.25, 0.3) is 0 Å². The molecule has 0 aliphatic heterocycles. The van der Waals surface area contributed by atoms with E-state index in [4.69, 9.17) is 10.5 Å². The van der Waals surface area contributed by atoms with Crippen LogP contribution in [0.4, 0.5) is 0 Å². The van der Waals surface area contributed by atoms with Crippen molar-refractivity contribution in [3.63, 3.8) is 0 Å². The van der Waals surface area contributed by atoms with Crippen molar-refractivity contribution in [2.75, 3.05) is 19.7 Å². The van der Waals surface area contributed by atoms with Gasteiger partial charge in [0.1, 0.15) is 6.61 Å². The maximum absolute atomic E-state index is 11.9. The van der Waals surface area contributed by atoms with Gasteiger partial charge in [-0.3, -0.25) is 4.79 Å². The lowest BCUT2D eigenvalue weighted by Crippen LogP contribution is -2.32. The van der Waals surface area contributed by atoms with Gasteiger partial charge in [-0.05, 0) is 22.3 Å². The van der Waals surface area contributed by atoms with E-state index >= 15 is 0 Å². The van der Waals surface area contributed by atoms with Crippen molar-refractivity contribution >= 4 is 18.1 Å². The van der Waals surface area contributed by atoms with Crippen molar-refractivity contribution < 1.29 is 9.53 Å². The van der Waals surface area contributed by atoms with Crippen LogP contribution in [0.3, 0.4) is 0 Å². The molecular formula is C22H28N2O2. The lowest BCUT2D eigenvalue weighted by Gasteiger charge is -2.23. The van der Waals surface area contributed by atoms with E-state index < -0.39 is 0 Å². The largest absolute Gasteiger partial charge is 0.363 e. The molecule has 1 amide bonds. The zero-order valence-corrected chi connectivity index (χ0v) is 15.6. The van der Waals surface area contributed by atoms with Crippen LogP contribution in [0.15, 0.2) is 48.5 Å². The molecule has 0 spiro atoms. The van der Waals surface area contributed by atoms with Crippen LogP contribution in [0.5, 0.6) is 0 Å². The number of hydrogen-bond donors (Lipinski definition) is 2. The highest BCUT2D eigenvalue weighted by atomic mass is 16.5. The van der Waals surface area contributed by atoms with E-state index in [2.05, 4.69) is 41.7 Å². The second-order valence-electron chi connectivity index (χ2n) is 5.80. The summed E-state index contributed by atoms with van der Waals surface area (Å²) in [5.74, 6) is -0.135. The number of carbonyl (C=O) groups excluding carboxylic acids is 1. The Morgan fingerprint density at radius 3 is 2.50 bits per heavy atom. The molecule has 4 heteroatoms. The molecule has 1 aliphatic rings. The molecule has 3 rings (SSSR count). The number of amides is 1. The Kier molecular flexibility index (Phi) is 8.06. The third-order valence-electron chi connectivity index (χ3n) is 4.13. The maximum Gasteiger partial charge on any atom is 0.246 e. The van der Waals surface area contributed by atoms with Crippen LogP contribution in [-0.2, 0) is 16.0 Å². The van der Waals surface area contributed by atoms with Crippen LogP contribution in [0.25, 0.3) is 12.2 Å². The number of nitrogens with two attached hydrogens (primary N) is 1. The SMILES string of the molecule is CC.NCCNC(=O)COC1Cc2ccccc2/C=C\c2ccccc21. The smallest absolute Gasteiger partial charge is 0.246 e. The van der Waals surface area contributed by atoms with Crippen LogP contribution in [0.2, 0.25) is 0 Å². The number of hydrogen-bond acceptors (Lipinski definition) is 3. The minimum absolute atomic E-state index is 0.0326. The van der Waals surface area contributed by atoms with E-state index in [1.54, 1.807) is 0 Å². The molecule has 0 heterocycles. The van der Waals surface area contributed by atoms with E-state index in [0.29, 0.717) is 13.1 Å². The Hall–Kier alpha value is -2.43. The Morgan fingerprint density at radius 1 is 1.08 bits per heavy atom. The monoisotopic (exact) mass is 352 g/mol. The fraction of sp³-hybridized carbons (Fsp3) is 0.318. The summed E-state index contributed by atoms with van der Waals surface area (Å²) in [5.41, 5.74) is 10.0. The topological polar surface area (TPSA) is 64.3 Å². The summed E-state index contributed by atoms with van der Waals surface area (Å²) in [5, 5.41) is 2.74. The molecule has 2 aromatic carbocycles. The van der Waals surface area contributed by atoms with E-state index in [9.17, 15) is 4.79 Å². The Bertz CT molecular complexity index is 740. The van der Waals surface area contributed by atoms with E-state index in [0.717, 1.165) is 17.5 Å². The quantitative estimate of drug-likeness (QED) is 0.864. The van der Waals surface area contributed by atoms with Crippen LogP contribution < -0.4 is 11.1 Å². The second-order valence-corrected chi connectivity index (χ2v) is 5.80. The lowest BCUT2D eigenvalue weighted by atomic mass is 9.91. The number of nitrogens with one attached hydrogen (secondary N) is 1. The van der Waals surface area contributed by atoms with Gasteiger partial charge in [-0.2, -0.15) is 0 Å². The molecule has 3 N–H and O–H groups in total. The van der Waals surface area contributed by atoms with E-state index in [1.807, 2.05) is 38.1 Å². The van der Waals surface area contributed by atoms with E-state index in [1.165, 1.54) is 11.1 Å². The lowest BCUT2D eigenvalue weighted by molar-refractivity contribution is -0.127. The highest BCUT2D eigenvalue weighted by molar-refractivity contribution is 5.77. The zero-order chi connectivity index (χ0) is 18.8. The number of ether oxygens (including phenoxy) is 1. The summed E-state index contributed by atoms with van der Waals surface area (Å²) in [6.45, 7) is 4.93. The van der Waals surface area contributed by atoms with Gasteiger partial charge in [0.15, 0.2) is 0 Å². The third-order valence-corrected chi connectivity index (χ3v) is 4.13. The zero-order valence-electron chi connectivity index (χ0n) is 15.6. The molecule has 138 valence electrons. The third kappa shape index (κ3) is 5.28. The Morgan fingerprint density at radius 2 is 1.73 bits per heavy atom. The summed E-state index contributed by atoms with van der Waals surface area (Å²) in [6, 6.07) is 16.4. The first kappa shape index (κ1) is 19.9. The van der Waals surface area contributed by atoms with Crippen LogP contribution in [0, 0.1) is 0 Å². The number of rotatable bonds is 5. The summed E-state index contributed by atoms with van der Waals surface area (Å²) in [6.07, 6.45) is 4.83. The minimum atomic E-state index is -0.157. The van der Waals surface area contributed by atoms with Crippen molar-refractivity contribution in [1.82, 2.24) is 5.32 Å². The molecule has 1 unspecified atom stereocenters. The summed E-state index contributed by atoms with van der Waals surface area (Å²) in [7, 11) is 0. The number of benzene rings is 2. The van der Waals surface area contributed by atoms with Crippen molar-refractivity contribution in [2.24, 2.45) is 5.73 Å². The molecule has 0 fully saturated rings. The fourth-order valence-corrected chi connectivity index (χ4v) is 2.92. The molecule has 2 aromatic rings. The summed E-state index contributed by atoms with van der Waals surface area (Å²) < 4.78 is 5.97. The first-order valence-corrected chi connectivity index (χ1v) is 9.21. The van der Waals surface area contributed by atoms with E-state index in [-0.39, 0.29) is 18.6 Å². The summed E-state index contributed by atoms with van der Waals surface area (Å²) in [4.78, 5) is 11.9. The average Bonchev–Trinajstić information content (AvgIpc) is 2.69. The van der Waals surface area contributed by atoms with Crippen molar-refractivity contribution in [2.45, 2.75) is 26.4 Å². The first-order chi connectivity index (χ1) is 12.8. The predicted molar refractivity (Wildman–Crippen MR) is 108 cm³/mol. The Labute approximate surface area is 156 Å². The molecule has 0 aromatic heterocycles. The van der Waals surface area contributed by atoms with Gasteiger partial charge in [0.2, 0.25) is 5.91 Å². The van der Waals surface area contributed by atoms with Gasteiger partial charge in [0.05, 0.1) is 6.10 Å². The molecule has 0 radical (unpaired) electrons. The normalized spacial score (nSPS) is 16.0. The second kappa shape index (κ2) is 10.5. The highest BCUT2D eigenvalue weighted by Crippen LogP contribution is 2.30. The minimum Gasteiger partial charge on any atom is -0.363 e. The molecule has 0 saturated heterocycles. The Balaban J connectivity index is 0.00000117. The van der Waals surface area contributed by atoms with Crippen molar-refractivity contribution in [1.29, 1.82) is 0 Å². The van der Waals surface area contributed by atoms with Crippen LogP contribution >= 0.6 is 0 Å². The number of fused-ring (bicyclic) bond motifs is 2.